The summed E-state index contributed by atoms with van der Waals surface area (Å²) in [6, 6.07) is 0. The molecular formula is C28H46O5Si. The summed E-state index contributed by atoms with van der Waals surface area (Å²) in [5, 5.41) is 0.172. The number of ketones is 1. The number of carbonyl (C=O) groups excluding carboxylic acids is 2. The molecule has 1 saturated carbocycles. The molecule has 34 heavy (non-hydrogen) atoms. The number of rotatable bonds is 9. The molecule has 0 aromatic rings. The zero-order valence-electron chi connectivity index (χ0n) is 22.2. The quantitative estimate of drug-likeness (QED) is 0.283. The van der Waals surface area contributed by atoms with Crippen LogP contribution in [0.15, 0.2) is 23.8 Å². The summed E-state index contributed by atoms with van der Waals surface area (Å²) in [5.41, 5.74) is 0.805. The fourth-order valence-corrected chi connectivity index (χ4v) is 6.58. The fourth-order valence-electron chi connectivity index (χ4n) is 5.54. The zero-order chi connectivity index (χ0) is 24.9. The molecule has 1 heterocycles. The lowest BCUT2D eigenvalue weighted by molar-refractivity contribution is -0.143. The lowest BCUT2D eigenvalue weighted by atomic mass is 9.77. The van der Waals surface area contributed by atoms with Crippen LogP contribution in [0, 0.1) is 23.7 Å². The maximum atomic E-state index is 13.1. The summed E-state index contributed by atoms with van der Waals surface area (Å²) in [7, 11) is -1.87. The molecule has 1 saturated heterocycles. The average Bonchev–Trinajstić information content (AvgIpc) is 3.12. The van der Waals surface area contributed by atoms with Crippen molar-refractivity contribution in [1.82, 2.24) is 0 Å². The van der Waals surface area contributed by atoms with E-state index in [2.05, 4.69) is 39.9 Å². The average molecular weight is 491 g/mol. The number of ether oxygens (including phenoxy) is 2. The highest BCUT2D eigenvalue weighted by Crippen LogP contribution is 2.51. The van der Waals surface area contributed by atoms with Crippen LogP contribution in [0.1, 0.15) is 72.6 Å². The van der Waals surface area contributed by atoms with E-state index in [0.717, 1.165) is 38.0 Å². The van der Waals surface area contributed by atoms with Gasteiger partial charge in [-0.1, -0.05) is 39.0 Å². The molecule has 0 amide bonds. The molecule has 1 aliphatic heterocycles. The Morgan fingerprint density at radius 2 is 2.00 bits per heavy atom. The number of hydrogen-bond donors (Lipinski definition) is 0. The monoisotopic (exact) mass is 490 g/mol. The van der Waals surface area contributed by atoms with Gasteiger partial charge < -0.3 is 13.9 Å². The summed E-state index contributed by atoms with van der Waals surface area (Å²) in [6.07, 6.45) is 12.5. The number of esters is 1. The molecule has 3 aliphatic rings. The largest absolute Gasteiger partial charge is 0.466 e. The van der Waals surface area contributed by atoms with E-state index in [9.17, 15) is 9.59 Å². The van der Waals surface area contributed by atoms with Gasteiger partial charge in [-0.25, -0.2) is 0 Å². The highest BCUT2D eigenvalue weighted by Gasteiger charge is 2.49. The van der Waals surface area contributed by atoms with Crippen molar-refractivity contribution in [3.05, 3.63) is 23.8 Å². The van der Waals surface area contributed by atoms with Crippen LogP contribution in [-0.4, -0.2) is 46.0 Å². The Bertz CT molecular complexity index is 772. The molecule has 0 aromatic heterocycles. The lowest BCUT2D eigenvalue weighted by Crippen LogP contribution is -2.44. The van der Waals surface area contributed by atoms with Gasteiger partial charge in [-0.05, 0) is 80.8 Å². The first kappa shape index (κ1) is 27.3. The summed E-state index contributed by atoms with van der Waals surface area (Å²) in [4.78, 5) is 24.6. The fraction of sp³-hybridized carbons (Fsp3) is 0.786. The summed E-state index contributed by atoms with van der Waals surface area (Å²) in [5.74, 6) is 1.59. The summed E-state index contributed by atoms with van der Waals surface area (Å²) >= 11 is 0. The van der Waals surface area contributed by atoms with Gasteiger partial charge in [-0.15, -0.1) is 0 Å². The Morgan fingerprint density at radius 1 is 1.24 bits per heavy atom. The van der Waals surface area contributed by atoms with E-state index in [-0.39, 0.29) is 16.8 Å². The van der Waals surface area contributed by atoms with Gasteiger partial charge in [0.1, 0.15) is 0 Å². The molecule has 2 fully saturated rings. The highest BCUT2D eigenvalue weighted by atomic mass is 28.4. The summed E-state index contributed by atoms with van der Waals surface area (Å²) in [6.45, 7) is 15.3. The molecule has 0 radical (unpaired) electrons. The molecule has 6 heteroatoms. The minimum atomic E-state index is -1.87. The number of Topliss-reactive ketones (excluding diaryl/α,β-unsaturated/α-hetero) is 1. The van der Waals surface area contributed by atoms with Crippen LogP contribution in [0.4, 0.5) is 0 Å². The second-order valence-corrected chi connectivity index (χ2v) is 16.7. The molecule has 192 valence electrons. The SMILES string of the molecule is CCOC(=O)CCC=CC1=C[C@@H]2CC(C3CCCCO3)C(CO[Si](C)(C)C(C)(C)C)[C@@H]2CC1=O. The molecule has 0 aromatic carbocycles. The van der Waals surface area contributed by atoms with Crippen LogP contribution in [0.25, 0.3) is 0 Å². The van der Waals surface area contributed by atoms with Crippen LogP contribution in [0.2, 0.25) is 18.1 Å². The van der Waals surface area contributed by atoms with E-state index in [1.165, 1.54) is 6.42 Å². The van der Waals surface area contributed by atoms with Crippen molar-refractivity contribution in [2.45, 2.75) is 96.9 Å². The van der Waals surface area contributed by atoms with Crippen molar-refractivity contribution < 1.29 is 23.5 Å². The van der Waals surface area contributed by atoms with Crippen molar-refractivity contribution in [2.24, 2.45) is 23.7 Å². The van der Waals surface area contributed by atoms with Crippen LogP contribution in [0.5, 0.6) is 0 Å². The number of carbonyl (C=O) groups is 2. The Balaban J connectivity index is 1.72. The standard InChI is InChI=1S/C28H46O5Si/c1-7-31-27(30)14-9-8-12-20-16-21-17-23(26-13-10-11-15-32-26)24(22(21)18-25(20)29)19-33-34(5,6)28(2,3)4/h8,12,16,21-24,26H,7,9-11,13-15,17-19H2,1-6H3/t21-,22-,23?,24?,26?/m1/s1. The molecule has 3 unspecified atom stereocenters. The van der Waals surface area contributed by atoms with Crippen molar-refractivity contribution in [3.8, 4) is 0 Å². The minimum absolute atomic E-state index is 0.172. The Morgan fingerprint density at radius 3 is 2.65 bits per heavy atom. The number of fused-ring (bicyclic) bond motifs is 1. The van der Waals surface area contributed by atoms with Crippen LogP contribution < -0.4 is 0 Å². The van der Waals surface area contributed by atoms with Crippen LogP contribution in [-0.2, 0) is 23.5 Å². The predicted molar refractivity (Wildman–Crippen MR) is 138 cm³/mol. The van der Waals surface area contributed by atoms with Crippen molar-refractivity contribution in [1.29, 1.82) is 0 Å². The Kier molecular flexibility index (Phi) is 9.38. The van der Waals surface area contributed by atoms with Gasteiger partial charge in [0, 0.05) is 31.6 Å². The summed E-state index contributed by atoms with van der Waals surface area (Å²) < 4.78 is 18.0. The van der Waals surface area contributed by atoms with Crippen molar-refractivity contribution >= 4 is 20.1 Å². The molecule has 3 rings (SSSR count). The van der Waals surface area contributed by atoms with Gasteiger partial charge in [0.25, 0.3) is 0 Å². The van der Waals surface area contributed by atoms with Crippen molar-refractivity contribution in [3.63, 3.8) is 0 Å². The topological polar surface area (TPSA) is 61.8 Å². The van der Waals surface area contributed by atoms with Gasteiger partial charge in [-0.2, -0.15) is 0 Å². The third-order valence-corrected chi connectivity index (χ3v) is 13.1. The zero-order valence-corrected chi connectivity index (χ0v) is 23.2. The van der Waals surface area contributed by atoms with E-state index in [1.54, 1.807) is 0 Å². The second kappa shape index (κ2) is 11.7. The molecule has 0 N–H and O–H groups in total. The predicted octanol–water partition coefficient (Wildman–Crippen LogP) is 6.24. The van der Waals surface area contributed by atoms with Crippen LogP contribution in [0.3, 0.4) is 0 Å². The van der Waals surface area contributed by atoms with E-state index >= 15 is 0 Å². The number of hydrogen-bond acceptors (Lipinski definition) is 5. The normalized spacial score (nSPS) is 30.4. The molecule has 0 bridgehead atoms. The first-order valence-electron chi connectivity index (χ1n) is 13.4. The van der Waals surface area contributed by atoms with E-state index in [4.69, 9.17) is 13.9 Å². The third kappa shape index (κ3) is 6.70. The Hall–Kier alpha value is -1.24. The second-order valence-electron chi connectivity index (χ2n) is 11.9. The molecule has 5 atom stereocenters. The minimum Gasteiger partial charge on any atom is -0.466 e. The third-order valence-electron chi connectivity index (χ3n) is 8.58. The van der Waals surface area contributed by atoms with E-state index in [0.29, 0.717) is 55.6 Å². The van der Waals surface area contributed by atoms with E-state index < -0.39 is 8.32 Å². The van der Waals surface area contributed by atoms with Crippen molar-refractivity contribution in [2.75, 3.05) is 19.8 Å². The molecular weight excluding hydrogens is 444 g/mol. The lowest BCUT2D eigenvalue weighted by Gasteiger charge is -2.40. The molecule has 0 spiro atoms. The van der Waals surface area contributed by atoms with Gasteiger partial charge in [0.05, 0.1) is 12.7 Å². The van der Waals surface area contributed by atoms with Gasteiger partial charge in [0.2, 0.25) is 0 Å². The van der Waals surface area contributed by atoms with Gasteiger partial charge >= 0.3 is 5.97 Å². The first-order chi connectivity index (χ1) is 16.0. The smallest absolute Gasteiger partial charge is 0.306 e. The molecule has 5 nitrogen and oxygen atoms in total. The maximum Gasteiger partial charge on any atom is 0.306 e. The Labute approximate surface area is 207 Å². The first-order valence-corrected chi connectivity index (χ1v) is 16.3. The highest BCUT2D eigenvalue weighted by molar-refractivity contribution is 6.74. The maximum absolute atomic E-state index is 13.1. The molecule has 2 aliphatic carbocycles. The van der Waals surface area contributed by atoms with Gasteiger partial charge in [0.15, 0.2) is 14.1 Å². The van der Waals surface area contributed by atoms with Gasteiger partial charge in [-0.3, -0.25) is 9.59 Å². The number of allylic oxidation sites excluding steroid dienone is 4. The van der Waals surface area contributed by atoms with Crippen LogP contribution >= 0.6 is 0 Å². The van der Waals surface area contributed by atoms with E-state index in [1.807, 2.05) is 19.1 Å².